The van der Waals surface area contributed by atoms with Gasteiger partial charge in [-0.2, -0.15) is 4.98 Å². The minimum atomic E-state index is -0.318. The van der Waals surface area contributed by atoms with Gasteiger partial charge in [0, 0.05) is 23.4 Å². The van der Waals surface area contributed by atoms with Crippen LogP contribution in [0.15, 0.2) is 34.6 Å². The van der Waals surface area contributed by atoms with Crippen LogP contribution in [0.1, 0.15) is 57.1 Å². The number of carbonyl (C=O) groups excluding carboxylic acids is 1. The molecule has 1 atom stereocenters. The van der Waals surface area contributed by atoms with Gasteiger partial charge in [0.15, 0.2) is 17.3 Å². The van der Waals surface area contributed by atoms with Gasteiger partial charge < -0.3 is 14.8 Å². The van der Waals surface area contributed by atoms with Crippen LogP contribution in [0.2, 0.25) is 0 Å². The van der Waals surface area contributed by atoms with E-state index in [0.29, 0.717) is 23.9 Å². The maximum atomic E-state index is 12.9. The zero-order valence-electron chi connectivity index (χ0n) is 17.7. The van der Waals surface area contributed by atoms with E-state index in [0.717, 1.165) is 47.0 Å². The van der Waals surface area contributed by atoms with E-state index in [1.54, 1.807) is 26.0 Å². The molecule has 2 aliphatic rings. The van der Waals surface area contributed by atoms with E-state index >= 15 is 0 Å². The molecule has 2 heterocycles. The molecular formula is C22H28N4O3S. The smallest absolute Gasteiger partial charge is 0.227 e. The van der Waals surface area contributed by atoms with Crippen LogP contribution in [0.4, 0.5) is 5.95 Å². The Balaban J connectivity index is 1.74. The fraction of sp³-hybridized carbons (Fsp3) is 0.500. The number of fused-ring (bicyclic) bond motifs is 1. The summed E-state index contributed by atoms with van der Waals surface area (Å²) < 4.78 is 12.8. The van der Waals surface area contributed by atoms with Gasteiger partial charge in [0.25, 0.3) is 0 Å². The van der Waals surface area contributed by atoms with Crippen LogP contribution in [0.5, 0.6) is 11.5 Å². The molecule has 8 heteroatoms. The summed E-state index contributed by atoms with van der Waals surface area (Å²) in [5.74, 6) is 3.15. The zero-order chi connectivity index (χ0) is 21.1. The number of allylic oxidation sites excluding steroid dienone is 2. The molecule has 7 nitrogen and oxygen atoms in total. The van der Waals surface area contributed by atoms with Crippen LogP contribution in [0.3, 0.4) is 0 Å². The molecular weight excluding hydrogens is 400 g/mol. The van der Waals surface area contributed by atoms with Crippen LogP contribution in [0.25, 0.3) is 0 Å². The average Bonchev–Trinajstić information content (AvgIpc) is 3.17. The normalized spacial score (nSPS) is 18.0. The lowest BCUT2D eigenvalue weighted by Crippen LogP contribution is -2.31. The molecule has 0 spiro atoms. The number of hydrogen-bond acceptors (Lipinski definition) is 7. The summed E-state index contributed by atoms with van der Waals surface area (Å²) in [6.07, 6.45) is 5.80. The molecule has 30 heavy (non-hydrogen) atoms. The molecule has 0 radical (unpaired) electrons. The zero-order valence-corrected chi connectivity index (χ0v) is 18.6. The van der Waals surface area contributed by atoms with Crippen molar-refractivity contribution < 1.29 is 14.3 Å². The monoisotopic (exact) mass is 428 g/mol. The third-order valence-corrected chi connectivity index (χ3v) is 6.47. The van der Waals surface area contributed by atoms with Gasteiger partial charge in [-0.1, -0.05) is 37.6 Å². The highest BCUT2D eigenvalue weighted by Crippen LogP contribution is 2.42. The Kier molecular flexibility index (Phi) is 6.32. The summed E-state index contributed by atoms with van der Waals surface area (Å²) in [5, 5.41) is 8.90. The van der Waals surface area contributed by atoms with Gasteiger partial charge in [-0.25, -0.2) is 4.68 Å². The molecule has 4 rings (SSSR count). The van der Waals surface area contributed by atoms with Crippen molar-refractivity contribution in [1.29, 1.82) is 0 Å². The molecule has 160 valence electrons. The number of hydrogen-bond donors (Lipinski definition) is 1. The second-order valence-corrected chi connectivity index (χ2v) is 8.59. The summed E-state index contributed by atoms with van der Waals surface area (Å²) >= 11 is 1.67. The Labute approximate surface area is 181 Å². The number of anilines is 1. The van der Waals surface area contributed by atoms with Crippen LogP contribution >= 0.6 is 11.8 Å². The highest BCUT2D eigenvalue weighted by Gasteiger charge is 2.37. The van der Waals surface area contributed by atoms with E-state index in [4.69, 9.17) is 19.6 Å². The van der Waals surface area contributed by atoms with Gasteiger partial charge in [0.2, 0.25) is 11.1 Å². The fourth-order valence-corrected chi connectivity index (χ4v) is 4.87. The van der Waals surface area contributed by atoms with Gasteiger partial charge in [0.1, 0.15) is 6.04 Å². The van der Waals surface area contributed by atoms with Gasteiger partial charge in [-0.05, 0) is 37.0 Å². The molecule has 0 saturated carbocycles. The Bertz CT molecular complexity index is 969. The van der Waals surface area contributed by atoms with E-state index in [-0.39, 0.29) is 11.8 Å². The van der Waals surface area contributed by atoms with Crippen LogP contribution in [0, 0.1) is 0 Å². The predicted octanol–water partition coefficient (Wildman–Crippen LogP) is 4.60. The second kappa shape index (κ2) is 9.12. The molecule has 0 bridgehead atoms. The van der Waals surface area contributed by atoms with Crippen molar-refractivity contribution in [3.05, 3.63) is 35.0 Å². The molecule has 1 aromatic carbocycles. The van der Waals surface area contributed by atoms with Crippen molar-refractivity contribution in [3.8, 4) is 11.5 Å². The lowest BCUT2D eigenvalue weighted by molar-refractivity contribution is -0.116. The minimum Gasteiger partial charge on any atom is -0.493 e. The number of nitrogens with zero attached hydrogens (tertiary/aromatic N) is 3. The van der Waals surface area contributed by atoms with E-state index < -0.39 is 0 Å². The summed E-state index contributed by atoms with van der Waals surface area (Å²) in [5.41, 5.74) is 2.69. The number of ketones is 1. The van der Waals surface area contributed by atoms with Crippen LogP contribution in [-0.4, -0.2) is 40.5 Å². The third-order valence-electron chi connectivity index (χ3n) is 5.55. The van der Waals surface area contributed by atoms with E-state index in [1.165, 1.54) is 12.8 Å². The summed E-state index contributed by atoms with van der Waals surface area (Å²) in [7, 11) is 3.23. The molecule has 0 unspecified atom stereocenters. The number of thioether (sulfide) groups is 1. The topological polar surface area (TPSA) is 78.3 Å². The van der Waals surface area contributed by atoms with Gasteiger partial charge >= 0.3 is 0 Å². The van der Waals surface area contributed by atoms with Crippen molar-refractivity contribution in [3.63, 3.8) is 0 Å². The first-order chi connectivity index (χ1) is 14.7. The molecule has 1 aromatic heterocycles. The Morgan fingerprint density at radius 2 is 2.03 bits per heavy atom. The van der Waals surface area contributed by atoms with E-state index in [2.05, 4.69) is 12.2 Å². The quantitative estimate of drug-likeness (QED) is 0.486. The van der Waals surface area contributed by atoms with Gasteiger partial charge in [-0.15, -0.1) is 5.10 Å². The van der Waals surface area contributed by atoms with E-state index in [9.17, 15) is 4.79 Å². The molecule has 2 aromatic rings. The largest absolute Gasteiger partial charge is 0.493 e. The number of benzene rings is 1. The molecule has 1 aliphatic carbocycles. The number of ether oxygens (including phenoxy) is 2. The highest BCUT2D eigenvalue weighted by molar-refractivity contribution is 7.99. The molecule has 0 amide bonds. The number of aromatic nitrogens is 3. The Hall–Kier alpha value is -2.48. The summed E-state index contributed by atoms with van der Waals surface area (Å²) in [6, 6.07) is 5.46. The highest BCUT2D eigenvalue weighted by atomic mass is 32.2. The summed E-state index contributed by atoms with van der Waals surface area (Å²) in [6.45, 7) is 2.20. The summed E-state index contributed by atoms with van der Waals surface area (Å²) in [4.78, 5) is 17.6. The molecule has 1 N–H and O–H groups in total. The number of rotatable bonds is 8. The SMILES string of the molecule is CCCCCSc1nc2n(n1)[C@H](c1ccc(OC)c(OC)c1)C1=C(CCCC1=O)N2. The molecule has 0 fully saturated rings. The number of Topliss-reactive ketones (excluding diaryl/α,β-unsaturated/α-hetero) is 1. The predicted molar refractivity (Wildman–Crippen MR) is 117 cm³/mol. The standard InChI is InChI=1S/C22H28N4O3S/c1-4-5-6-12-30-22-24-21-23-15-8-7-9-16(27)19(15)20(26(21)25-22)14-10-11-17(28-2)18(13-14)29-3/h10-11,13,20H,4-9,12H2,1-3H3,(H,23,24,25)/t20-/m1/s1. The number of methoxy groups -OCH3 is 2. The first-order valence-electron chi connectivity index (χ1n) is 10.5. The maximum Gasteiger partial charge on any atom is 0.227 e. The van der Waals surface area contributed by atoms with Crippen LogP contribution in [-0.2, 0) is 4.79 Å². The minimum absolute atomic E-state index is 0.168. The van der Waals surface area contributed by atoms with E-state index in [1.807, 2.05) is 22.9 Å². The van der Waals surface area contributed by atoms with Gasteiger partial charge in [0.05, 0.1) is 14.2 Å². The van der Waals surface area contributed by atoms with Crippen molar-refractivity contribution in [2.75, 3.05) is 25.3 Å². The maximum absolute atomic E-state index is 12.9. The van der Waals surface area contributed by atoms with Crippen molar-refractivity contribution in [2.24, 2.45) is 0 Å². The number of nitrogens with one attached hydrogen (secondary N) is 1. The first-order valence-corrected chi connectivity index (χ1v) is 11.5. The Morgan fingerprint density at radius 1 is 1.20 bits per heavy atom. The second-order valence-electron chi connectivity index (χ2n) is 7.53. The molecule has 0 saturated heterocycles. The first kappa shape index (κ1) is 20.8. The van der Waals surface area contributed by atoms with Crippen molar-refractivity contribution in [2.45, 2.75) is 56.6 Å². The third kappa shape index (κ3) is 3.93. The Morgan fingerprint density at radius 3 is 2.80 bits per heavy atom. The average molecular weight is 429 g/mol. The lowest BCUT2D eigenvalue weighted by atomic mass is 9.85. The van der Waals surface area contributed by atoms with Gasteiger partial charge in [-0.3, -0.25) is 4.79 Å². The number of unbranched alkanes of at least 4 members (excludes halogenated alkanes) is 2. The lowest BCUT2D eigenvalue weighted by Gasteiger charge is -2.32. The van der Waals surface area contributed by atoms with Crippen LogP contribution < -0.4 is 14.8 Å². The number of carbonyl (C=O) groups is 1. The fourth-order valence-electron chi connectivity index (χ4n) is 4.04. The van der Waals surface area contributed by atoms with Crippen molar-refractivity contribution in [1.82, 2.24) is 14.8 Å². The van der Waals surface area contributed by atoms with Crippen molar-refractivity contribution >= 4 is 23.5 Å². The molecule has 1 aliphatic heterocycles.